The number of hydrogen-bond acceptors (Lipinski definition) is 4. The van der Waals surface area contributed by atoms with E-state index < -0.39 is 17.1 Å². The molecule has 3 fully saturated rings. The van der Waals surface area contributed by atoms with Crippen molar-refractivity contribution in [2.75, 3.05) is 0 Å². The monoisotopic (exact) mass is 428 g/mol. The Kier molecular flexibility index (Phi) is 5.56. The van der Waals surface area contributed by atoms with E-state index in [2.05, 4.69) is 19.9 Å². The lowest BCUT2D eigenvalue weighted by Gasteiger charge is -2.63. The van der Waals surface area contributed by atoms with Crippen LogP contribution in [0.15, 0.2) is 23.3 Å². The Morgan fingerprint density at radius 3 is 2.52 bits per heavy atom. The molecule has 0 heterocycles. The number of carbonyl (C=O) groups excluding carboxylic acids is 2. The Morgan fingerprint density at radius 2 is 1.87 bits per heavy atom. The van der Waals surface area contributed by atoms with E-state index in [1.54, 1.807) is 19.9 Å². The minimum Gasteiger partial charge on any atom is -0.458 e. The van der Waals surface area contributed by atoms with Crippen LogP contribution < -0.4 is 0 Å². The Bertz CT molecular complexity index is 840. The van der Waals surface area contributed by atoms with Gasteiger partial charge in [-0.2, -0.15) is 0 Å². The molecule has 0 saturated heterocycles. The van der Waals surface area contributed by atoms with Gasteiger partial charge in [0.1, 0.15) is 11.9 Å². The Labute approximate surface area is 187 Å². The van der Waals surface area contributed by atoms with Crippen LogP contribution in [0.4, 0.5) is 0 Å². The second-order valence-electron chi connectivity index (χ2n) is 11.5. The van der Waals surface area contributed by atoms with E-state index in [9.17, 15) is 14.7 Å². The standard InChI is InChI=1S/C27H40O4/c1-7-17(3)24(29)31-23-15-22-21(9-8-19-14-16(2)10-12-25(19,22)5)27(30)13-11-20(18(4)28)26(23,27)6/h7-8,16,20-23,30H,9-15H2,1-6H3/b17-7+/t16-,20+,21?,22?,23+,25-,26-,27-/m0/s1. The van der Waals surface area contributed by atoms with Crippen molar-refractivity contribution in [2.45, 2.75) is 98.2 Å². The second-order valence-corrected chi connectivity index (χ2v) is 11.5. The van der Waals surface area contributed by atoms with Crippen LogP contribution in [-0.2, 0) is 14.3 Å². The summed E-state index contributed by atoms with van der Waals surface area (Å²) in [5.41, 5.74) is 0.424. The van der Waals surface area contributed by atoms with Gasteiger partial charge < -0.3 is 9.84 Å². The first-order valence-corrected chi connectivity index (χ1v) is 12.2. The van der Waals surface area contributed by atoms with E-state index in [0.29, 0.717) is 24.3 Å². The topological polar surface area (TPSA) is 63.6 Å². The number of allylic oxidation sites excluding steroid dienone is 3. The Morgan fingerprint density at radius 1 is 1.16 bits per heavy atom. The molecule has 0 aliphatic heterocycles. The molecule has 0 aromatic heterocycles. The van der Waals surface area contributed by atoms with Crippen molar-refractivity contribution in [1.82, 2.24) is 0 Å². The summed E-state index contributed by atoms with van der Waals surface area (Å²) in [5, 5.41) is 12.3. The molecule has 4 rings (SSSR count). The third-order valence-corrected chi connectivity index (χ3v) is 10.1. The Balaban J connectivity index is 1.79. The number of Topliss-reactive ketones (excluding diaryl/α,β-unsaturated/α-hetero) is 1. The van der Waals surface area contributed by atoms with Crippen molar-refractivity contribution >= 4 is 11.8 Å². The molecule has 0 radical (unpaired) electrons. The van der Waals surface area contributed by atoms with Gasteiger partial charge in [-0.15, -0.1) is 0 Å². The van der Waals surface area contributed by atoms with Gasteiger partial charge in [0.05, 0.1) is 5.60 Å². The molecule has 4 nitrogen and oxygen atoms in total. The van der Waals surface area contributed by atoms with E-state index in [-0.39, 0.29) is 34.9 Å². The summed E-state index contributed by atoms with van der Waals surface area (Å²) in [7, 11) is 0. The number of esters is 1. The van der Waals surface area contributed by atoms with E-state index in [0.717, 1.165) is 25.7 Å². The average Bonchev–Trinajstić information content (AvgIpc) is 3.01. The third-order valence-electron chi connectivity index (χ3n) is 10.1. The van der Waals surface area contributed by atoms with E-state index in [4.69, 9.17) is 4.74 Å². The fraction of sp³-hybridized carbons (Fsp3) is 0.778. The zero-order valence-corrected chi connectivity index (χ0v) is 20.2. The molecule has 8 atom stereocenters. The van der Waals surface area contributed by atoms with E-state index >= 15 is 0 Å². The molecule has 4 aliphatic rings. The van der Waals surface area contributed by atoms with Gasteiger partial charge in [0.2, 0.25) is 0 Å². The fourth-order valence-corrected chi connectivity index (χ4v) is 7.92. The van der Waals surface area contributed by atoms with Crippen molar-refractivity contribution < 1.29 is 19.4 Å². The van der Waals surface area contributed by atoms with Crippen LogP contribution in [0.1, 0.15) is 86.5 Å². The van der Waals surface area contributed by atoms with Crippen LogP contribution in [0.25, 0.3) is 0 Å². The van der Waals surface area contributed by atoms with Gasteiger partial charge in [-0.25, -0.2) is 4.79 Å². The van der Waals surface area contributed by atoms with Gasteiger partial charge in [0.25, 0.3) is 0 Å². The molecular formula is C27H40O4. The fourth-order valence-electron chi connectivity index (χ4n) is 7.92. The summed E-state index contributed by atoms with van der Waals surface area (Å²) in [6.45, 7) is 12.0. The third kappa shape index (κ3) is 3.11. The van der Waals surface area contributed by atoms with Gasteiger partial charge in [-0.05, 0) is 88.9 Å². The van der Waals surface area contributed by atoms with Gasteiger partial charge >= 0.3 is 5.97 Å². The Hall–Kier alpha value is -1.42. The van der Waals surface area contributed by atoms with E-state index in [1.807, 2.05) is 13.8 Å². The smallest absolute Gasteiger partial charge is 0.333 e. The minimum absolute atomic E-state index is 0.0428. The molecule has 2 unspecified atom stereocenters. The zero-order valence-electron chi connectivity index (χ0n) is 20.2. The first-order valence-electron chi connectivity index (χ1n) is 12.2. The molecule has 0 spiro atoms. The summed E-state index contributed by atoms with van der Waals surface area (Å²) in [6.07, 6.45) is 10.1. The number of hydrogen-bond donors (Lipinski definition) is 1. The highest BCUT2D eigenvalue weighted by molar-refractivity contribution is 5.88. The summed E-state index contributed by atoms with van der Waals surface area (Å²) < 4.78 is 6.16. The highest BCUT2D eigenvalue weighted by atomic mass is 16.5. The normalized spacial score (nSPS) is 47.0. The number of carbonyl (C=O) groups is 2. The predicted octanol–water partition coefficient (Wildman–Crippen LogP) is 5.39. The quantitative estimate of drug-likeness (QED) is 0.372. The number of ketones is 1. The highest BCUT2D eigenvalue weighted by Gasteiger charge is 2.71. The SMILES string of the molecule is C/C=C(\C)C(=O)O[C@@H]1CC2C(CC=C3C[C@@H](C)CC[C@@]32C)[C@@]2(O)CC[C@H](C(C)=O)[C@@]12C. The number of fused-ring (bicyclic) bond motifs is 5. The number of ether oxygens (including phenoxy) is 1. The molecule has 0 bridgehead atoms. The summed E-state index contributed by atoms with van der Waals surface area (Å²) in [5.74, 6) is 0.594. The number of rotatable bonds is 3. The van der Waals surface area contributed by atoms with Crippen LogP contribution in [0, 0.1) is 34.5 Å². The van der Waals surface area contributed by atoms with E-state index in [1.165, 1.54) is 12.0 Å². The van der Waals surface area contributed by atoms with Gasteiger partial charge in [-0.3, -0.25) is 4.79 Å². The molecular weight excluding hydrogens is 388 g/mol. The molecule has 0 aromatic rings. The predicted molar refractivity (Wildman–Crippen MR) is 121 cm³/mol. The molecule has 4 heteroatoms. The first kappa shape index (κ1) is 22.8. The largest absolute Gasteiger partial charge is 0.458 e. The lowest BCUT2D eigenvalue weighted by Crippen LogP contribution is -2.66. The van der Waals surface area contributed by atoms with Crippen LogP contribution in [0.2, 0.25) is 0 Å². The lowest BCUT2D eigenvalue weighted by atomic mass is 9.44. The van der Waals surface area contributed by atoms with Crippen molar-refractivity contribution in [3.63, 3.8) is 0 Å². The van der Waals surface area contributed by atoms with Crippen molar-refractivity contribution in [3.8, 4) is 0 Å². The summed E-state index contributed by atoms with van der Waals surface area (Å²) in [4.78, 5) is 25.5. The molecule has 4 aliphatic carbocycles. The first-order chi connectivity index (χ1) is 14.5. The number of aliphatic hydroxyl groups is 1. The molecule has 1 N–H and O–H groups in total. The summed E-state index contributed by atoms with van der Waals surface area (Å²) in [6, 6.07) is 0. The molecule has 0 amide bonds. The molecule has 172 valence electrons. The lowest BCUT2D eigenvalue weighted by molar-refractivity contribution is -0.232. The van der Waals surface area contributed by atoms with Crippen molar-refractivity contribution in [1.29, 1.82) is 0 Å². The van der Waals surface area contributed by atoms with Gasteiger partial charge in [-0.1, -0.05) is 38.5 Å². The van der Waals surface area contributed by atoms with Crippen LogP contribution in [0.3, 0.4) is 0 Å². The molecule has 3 saturated carbocycles. The van der Waals surface area contributed by atoms with Crippen LogP contribution in [-0.4, -0.2) is 28.6 Å². The van der Waals surface area contributed by atoms with Crippen LogP contribution >= 0.6 is 0 Å². The van der Waals surface area contributed by atoms with Crippen LogP contribution in [0.5, 0.6) is 0 Å². The minimum atomic E-state index is -0.991. The molecule has 31 heavy (non-hydrogen) atoms. The molecule has 0 aromatic carbocycles. The summed E-state index contributed by atoms with van der Waals surface area (Å²) >= 11 is 0. The average molecular weight is 429 g/mol. The van der Waals surface area contributed by atoms with Crippen molar-refractivity contribution in [3.05, 3.63) is 23.3 Å². The van der Waals surface area contributed by atoms with Gasteiger partial charge in [0, 0.05) is 16.9 Å². The highest BCUT2D eigenvalue weighted by Crippen LogP contribution is 2.68. The van der Waals surface area contributed by atoms with Crippen molar-refractivity contribution in [2.24, 2.45) is 34.5 Å². The zero-order chi connectivity index (χ0) is 22.8. The maximum absolute atomic E-state index is 12.9. The van der Waals surface area contributed by atoms with Gasteiger partial charge in [0.15, 0.2) is 0 Å². The maximum atomic E-state index is 12.9. The second kappa shape index (κ2) is 7.57. The maximum Gasteiger partial charge on any atom is 0.333 e.